The summed E-state index contributed by atoms with van der Waals surface area (Å²) in [4.78, 5) is 11.9. The van der Waals surface area contributed by atoms with Gasteiger partial charge >= 0.3 is 0 Å². The first-order chi connectivity index (χ1) is 9.78. The second-order valence-electron chi connectivity index (χ2n) is 4.64. The Bertz CT molecular complexity index is 674. The zero-order chi connectivity index (χ0) is 16.0. The zero-order valence-corrected chi connectivity index (χ0v) is 13.4. The first-order valence-electron chi connectivity index (χ1n) is 6.42. The van der Waals surface area contributed by atoms with Gasteiger partial charge in [-0.2, -0.15) is 0 Å². The number of anilines is 1. The Morgan fingerprint density at radius 1 is 1.24 bits per heavy atom. The highest BCUT2D eigenvalue weighted by atomic mass is 32.2. The molecular formula is C15H20N2O3S. The predicted molar refractivity (Wildman–Crippen MR) is 84.6 cm³/mol. The van der Waals surface area contributed by atoms with Crippen LogP contribution in [0.4, 0.5) is 5.69 Å². The first kappa shape index (κ1) is 17.1. The van der Waals surface area contributed by atoms with Crippen molar-refractivity contribution in [2.45, 2.75) is 18.7 Å². The van der Waals surface area contributed by atoms with Crippen LogP contribution >= 0.6 is 0 Å². The molecule has 0 atom stereocenters. The molecule has 0 spiro atoms. The quantitative estimate of drug-likeness (QED) is 0.670. The van der Waals surface area contributed by atoms with Gasteiger partial charge in [-0.15, -0.1) is 0 Å². The molecule has 1 aromatic rings. The van der Waals surface area contributed by atoms with Crippen molar-refractivity contribution in [2.24, 2.45) is 0 Å². The number of nitrogens with one attached hydrogen (secondary N) is 1. The van der Waals surface area contributed by atoms with Crippen LogP contribution in [0.3, 0.4) is 0 Å². The molecule has 0 unspecified atom stereocenters. The first-order valence-corrected chi connectivity index (χ1v) is 7.86. The van der Waals surface area contributed by atoms with E-state index in [4.69, 9.17) is 0 Å². The smallest absolute Gasteiger partial charge is 0.248 e. The maximum atomic E-state index is 12.1. The van der Waals surface area contributed by atoms with Gasteiger partial charge in [-0.25, -0.2) is 12.7 Å². The molecule has 1 N–H and O–H groups in total. The van der Waals surface area contributed by atoms with Gasteiger partial charge in [0.15, 0.2) is 0 Å². The summed E-state index contributed by atoms with van der Waals surface area (Å²) in [6.45, 7) is 3.65. The van der Waals surface area contributed by atoms with Crippen molar-refractivity contribution in [1.82, 2.24) is 4.31 Å². The second-order valence-corrected chi connectivity index (χ2v) is 6.79. The summed E-state index contributed by atoms with van der Waals surface area (Å²) in [6, 6.07) is 4.66. The van der Waals surface area contributed by atoms with Gasteiger partial charge in [0.25, 0.3) is 0 Å². The predicted octanol–water partition coefficient (Wildman–Crippen LogP) is 2.32. The number of amides is 1. The molecule has 21 heavy (non-hydrogen) atoms. The molecular weight excluding hydrogens is 288 g/mol. The largest absolute Gasteiger partial charge is 0.322 e. The van der Waals surface area contributed by atoms with E-state index in [0.717, 1.165) is 9.87 Å². The second kappa shape index (κ2) is 7.19. The lowest BCUT2D eigenvalue weighted by molar-refractivity contribution is -0.111. The van der Waals surface area contributed by atoms with Gasteiger partial charge in [0.05, 0.1) is 4.90 Å². The van der Waals surface area contributed by atoms with Gasteiger partial charge in [-0.3, -0.25) is 4.79 Å². The number of aryl methyl sites for hydroxylation is 1. The topological polar surface area (TPSA) is 66.5 Å². The van der Waals surface area contributed by atoms with Crippen LogP contribution in [0.25, 0.3) is 0 Å². The Kier molecular flexibility index (Phi) is 5.87. The number of hydrogen-bond acceptors (Lipinski definition) is 3. The lowest BCUT2D eigenvalue weighted by atomic mass is 10.2. The molecule has 0 aliphatic carbocycles. The minimum atomic E-state index is -3.52. The van der Waals surface area contributed by atoms with Gasteiger partial charge in [-0.1, -0.05) is 24.3 Å². The summed E-state index contributed by atoms with van der Waals surface area (Å²) < 4.78 is 25.3. The van der Waals surface area contributed by atoms with Gasteiger partial charge in [0, 0.05) is 25.9 Å². The number of benzene rings is 1. The fraction of sp³-hybridized carbons (Fsp3) is 0.267. The molecule has 114 valence electrons. The monoisotopic (exact) mass is 308 g/mol. The Hall–Kier alpha value is -1.92. The van der Waals surface area contributed by atoms with Crippen molar-refractivity contribution in [3.05, 3.63) is 48.1 Å². The number of allylic oxidation sites excluding steroid dienone is 3. The van der Waals surface area contributed by atoms with Crippen LogP contribution in [0.1, 0.15) is 12.5 Å². The van der Waals surface area contributed by atoms with E-state index in [0.29, 0.717) is 5.69 Å². The minimum Gasteiger partial charge on any atom is -0.322 e. The normalized spacial score (nSPS) is 12.4. The number of nitrogens with zero attached hydrogens (tertiary/aromatic N) is 1. The number of hydrogen-bond donors (Lipinski definition) is 1. The van der Waals surface area contributed by atoms with E-state index < -0.39 is 10.0 Å². The van der Waals surface area contributed by atoms with Gasteiger partial charge in [-0.05, 0) is 31.5 Å². The summed E-state index contributed by atoms with van der Waals surface area (Å²) in [6.07, 6.45) is 6.54. The molecule has 5 nitrogen and oxygen atoms in total. The average Bonchev–Trinajstić information content (AvgIpc) is 2.41. The lowest BCUT2D eigenvalue weighted by Crippen LogP contribution is -2.22. The van der Waals surface area contributed by atoms with E-state index in [1.807, 2.05) is 6.92 Å². The molecule has 0 aliphatic rings. The molecule has 6 heteroatoms. The van der Waals surface area contributed by atoms with Gasteiger partial charge in [0.2, 0.25) is 15.9 Å². The summed E-state index contributed by atoms with van der Waals surface area (Å²) >= 11 is 0. The summed E-state index contributed by atoms with van der Waals surface area (Å²) in [5.74, 6) is -0.310. The Balaban J connectivity index is 3.07. The van der Waals surface area contributed by atoms with Crippen molar-refractivity contribution in [1.29, 1.82) is 0 Å². The van der Waals surface area contributed by atoms with Crippen LogP contribution in [0.2, 0.25) is 0 Å². The molecule has 0 fully saturated rings. The van der Waals surface area contributed by atoms with Gasteiger partial charge < -0.3 is 5.32 Å². The Morgan fingerprint density at radius 3 is 2.48 bits per heavy atom. The lowest BCUT2D eigenvalue weighted by Gasteiger charge is -2.14. The maximum Gasteiger partial charge on any atom is 0.248 e. The van der Waals surface area contributed by atoms with Crippen molar-refractivity contribution in [3.8, 4) is 0 Å². The SMILES string of the molecule is C/C=C/C=C/C(=O)Nc1cc(S(=O)(=O)N(C)C)ccc1C. The van der Waals surface area contributed by atoms with Crippen LogP contribution < -0.4 is 5.32 Å². The standard InChI is InChI=1S/C15H20N2O3S/c1-5-6-7-8-15(18)16-14-11-13(10-9-12(14)2)21(19,20)17(3)4/h5-11H,1-4H3,(H,16,18)/b6-5+,8-7+. The highest BCUT2D eigenvalue weighted by molar-refractivity contribution is 7.89. The highest BCUT2D eigenvalue weighted by Gasteiger charge is 2.18. The molecule has 0 saturated heterocycles. The van der Waals surface area contributed by atoms with E-state index in [-0.39, 0.29) is 10.8 Å². The zero-order valence-electron chi connectivity index (χ0n) is 12.6. The third-order valence-corrected chi connectivity index (χ3v) is 4.61. The number of rotatable bonds is 5. The number of carbonyl (C=O) groups excluding carboxylic acids is 1. The Morgan fingerprint density at radius 2 is 1.90 bits per heavy atom. The van der Waals surface area contributed by atoms with Crippen molar-refractivity contribution >= 4 is 21.6 Å². The van der Waals surface area contributed by atoms with Crippen LogP contribution in [0.15, 0.2) is 47.4 Å². The molecule has 0 bridgehead atoms. The highest BCUT2D eigenvalue weighted by Crippen LogP contribution is 2.21. The molecule has 1 amide bonds. The average molecular weight is 308 g/mol. The molecule has 1 rings (SSSR count). The fourth-order valence-electron chi connectivity index (χ4n) is 1.54. The third-order valence-electron chi connectivity index (χ3n) is 2.80. The Labute approximate surface area is 126 Å². The molecule has 0 heterocycles. The van der Waals surface area contributed by atoms with Crippen LogP contribution in [0.5, 0.6) is 0 Å². The summed E-state index contributed by atoms with van der Waals surface area (Å²) in [7, 11) is -0.589. The van der Waals surface area contributed by atoms with Crippen molar-refractivity contribution < 1.29 is 13.2 Å². The number of carbonyl (C=O) groups is 1. The molecule has 0 saturated carbocycles. The number of sulfonamides is 1. The van der Waals surface area contributed by atoms with E-state index in [1.54, 1.807) is 31.2 Å². The fourth-order valence-corrected chi connectivity index (χ4v) is 2.46. The van der Waals surface area contributed by atoms with Crippen molar-refractivity contribution in [2.75, 3.05) is 19.4 Å². The van der Waals surface area contributed by atoms with Crippen LogP contribution in [-0.4, -0.2) is 32.7 Å². The summed E-state index contributed by atoms with van der Waals surface area (Å²) in [5.41, 5.74) is 1.27. The summed E-state index contributed by atoms with van der Waals surface area (Å²) in [5, 5.41) is 2.68. The third kappa shape index (κ3) is 4.54. The van der Waals surface area contributed by atoms with E-state index in [9.17, 15) is 13.2 Å². The molecule has 0 aliphatic heterocycles. The minimum absolute atomic E-state index is 0.144. The van der Waals surface area contributed by atoms with E-state index >= 15 is 0 Å². The van der Waals surface area contributed by atoms with E-state index in [2.05, 4.69) is 5.32 Å². The molecule has 0 radical (unpaired) electrons. The van der Waals surface area contributed by atoms with Gasteiger partial charge in [0.1, 0.15) is 0 Å². The molecule has 1 aromatic carbocycles. The molecule has 0 aromatic heterocycles. The van der Waals surface area contributed by atoms with Crippen LogP contribution in [-0.2, 0) is 14.8 Å². The maximum absolute atomic E-state index is 12.1. The van der Waals surface area contributed by atoms with Crippen molar-refractivity contribution in [3.63, 3.8) is 0 Å². The van der Waals surface area contributed by atoms with E-state index in [1.165, 1.54) is 32.3 Å². The van der Waals surface area contributed by atoms with Crippen LogP contribution in [0, 0.1) is 6.92 Å².